The van der Waals surface area contributed by atoms with Crippen LogP contribution in [0.4, 0.5) is 4.79 Å². The molecule has 0 unspecified atom stereocenters. The van der Waals surface area contributed by atoms with Crippen molar-refractivity contribution in [1.29, 1.82) is 0 Å². The number of nitrogens with one attached hydrogen (secondary N) is 3. The molecule has 1 atom stereocenters. The van der Waals surface area contributed by atoms with Crippen LogP contribution in [0.3, 0.4) is 0 Å². The lowest BCUT2D eigenvalue weighted by Gasteiger charge is -2.30. The summed E-state index contributed by atoms with van der Waals surface area (Å²) in [4.78, 5) is 24.7. The fraction of sp³-hybridized carbons (Fsp3) is 0.529. The molecule has 0 bridgehead atoms. The Morgan fingerprint density at radius 2 is 1.83 bits per heavy atom. The molecule has 1 fully saturated rings. The molecule has 1 aromatic rings. The molecule has 0 saturated heterocycles. The normalized spacial score (nSPS) is 16.6. The minimum atomic E-state index is -0.815. The largest absolute Gasteiger partial charge is 0.350 e. The lowest BCUT2D eigenvalue weighted by atomic mass is 9.96. The van der Waals surface area contributed by atoms with Crippen LogP contribution in [0.15, 0.2) is 30.3 Å². The first-order valence-corrected chi connectivity index (χ1v) is 8.17. The maximum atomic E-state index is 12.5. The summed E-state index contributed by atoms with van der Waals surface area (Å²) in [5.41, 5.74) is 5.76. The molecule has 7 heteroatoms. The molecule has 1 saturated carbocycles. The van der Waals surface area contributed by atoms with Crippen LogP contribution in [0, 0.1) is 0 Å². The average Bonchev–Trinajstić information content (AvgIpc) is 3.03. The first kappa shape index (κ1) is 20.3. The van der Waals surface area contributed by atoms with Crippen LogP contribution in [0.1, 0.15) is 38.2 Å². The highest BCUT2D eigenvalue weighted by atomic mass is 35.5. The second-order valence-electron chi connectivity index (χ2n) is 6.19. The van der Waals surface area contributed by atoms with Gasteiger partial charge in [0.2, 0.25) is 5.91 Å². The number of urea groups is 1. The van der Waals surface area contributed by atoms with Crippen molar-refractivity contribution < 1.29 is 9.59 Å². The smallest absolute Gasteiger partial charge is 0.315 e. The van der Waals surface area contributed by atoms with Gasteiger partial charge in [-0.25, -0.2) is 4.79 Å². The standard InChI is InChI=1S/C17H26N4O2.ClH/c1-13(11-18)20-15(22)17(9-5-6-10-17)21-16(23)19-12-14-7-3-2-4-8-14;/h2-4,7-8,13H,5-6,9-12,18H2,1H3,(H,20,22)(H2,19,21,23);1H/t13-;/m0./s1. The number of halogens is 1. The number of carbonyl (C=O) groups excluding carboxylic acids is 2. The van der Waals surface area contributed by atoms with Gasteiger partial charge >= 0.3 is 6.03 Å². The molecule has 1 aliphatic rings. The van der Waals surface area contributed by atoms with Gasteiger partial charge in [0.15, 0.2) is 0 Å². The van der Waals surface area contributed by atoms with E-state index in [4.69, 9.17) is 5.73 Å². The monoisotopic (exact) mass is 354 g/mol. The van der Waals surface area contributed by atoms with Crippen LogP contribution in [0.2, 0.25) is 0 Å². The van der Waals surface area contributed by atoms with Gasteiger partial charge in [0.25, 0.3) is 0 Å². The summed E-state index contributed by atoms with van der Waals surface area (Å²) in [7, 11) is 0. The lowest BCUT2D eigenvalue weighted by molar-refractivity contribution is -0.127. The van der Waals surface area contributed by atoms with E-state index < -0.39 is 5.54 Å². The molecule has 5 N–H and O–H groups in total. The number of hydrogen-bond acceptors (Lipinski definition) is 3. The summed E-state index contributed by atoms with van der Waals surface area (Å²) in [6.45, 7) is 2.67. The molecule has 3 amide bonds. The van der Waals surface area contributed by atoms with Gasteiger partial charge in [-0.05, 0) is 25.3 Å². The Morgan fingerprint density at radius 1 is 1.21 bits per heavy atom. The molecule has 1 aliphatic carbocycles. The number of benzene rings is 1. The molecular formula is C17H27ClN4O2. The summed E-state index contributed by atoms with van der Waals surface area (Å²) in [6, 6.07) is 9.26. The van der Waals surface area contributed by atoms with Crippen LogP contribution < -0.4 is 21.7 Å². The third-order valence-corrected chi connectivity index (χ3v) is 4.27. The van der Waals surface area contributed by atoms with Gasteiger partial charge in [-0.15, -0.1) is 12.4 Å². The number of carbonyl (C=O) groups is 2. The van der Waals surface area contributed by atoms with E-state index in [1.54, 1.807) is 0 Å². The highest BCUT2D eigenvalue weighted by Gasteiger charge is 2.42. The second-order valence-corrected chi connectivity index (χ2v) is 6.19. The molecular weight excluding hydrogens is 328 g/mol. The second kappa shape index (κ2) is 9.49. The van der Waals surface area contributed by atoms with Gasteiger partial charge < -0.3 is 21.7 Å². The van der Waals surface area contributed by atoms with Crippen molar-refractivity contribution in [2.24, 2.45) is 5.73 Å². The molecule has 1 aromatic carbocycles. The summed E-state index contributed by atoms with van der Waals surface area (Å²) in [6.07, 6.45) is 3.19. The molecule has 134 valence electrons. The van der Waals surface area contributed by atoms with Crippen molar-refractivity contribution in [3.05, 3.63) is 35.9 Å². The van der Waals surface area contributed by atoms with E-state index in [-0.39, 0.29) is 30.4 Å². The fourth-order valence-corrected chi connectivity index (χ4v) is 2.85. The molecule has 0 heterocycles. The quantitative estimate of drug-likeness (QED) is 0.625. The Labute approximate surface area is 149 Å². The van der Waals surface area contributed by atoms with Gasteiger partial charge in [0.05, 0.1) is 0 Å². The molecule has 24 heavy (non-hydrogen) atoms. The lowest BCUT2D eigenvalue weighted by Crippen LogP contribution is -2.60. The summed E-state index contributed by atoms with van der Waals surface area (Å²) in [5, 5.41) is 8.59. The predicted molar refractivity (Wildman–Crippen MR) is 96.9 cm³/mol. The highest BCUT2D eigenvalue weighted by Crippen LogP contribution is 2.30. The minimum absolute atomic E-state index is 0. The third-order valence-electron chi connectivity index (χ3n) is 4.27. The number of rotatable bonds is 6. The molecule has 0 radical (unpaired) electrons. The average molecular weight is 355 g/mol. The van der Waals surface area contributed by atoms with Crippen molar-refractivity contribution in [3.63, 3.8) is 0 Å². The number of nitrogens with two attached hydrogens (primary N) is 1. The van der Waals surface area contributed by atoms with Gasteiger partial charge in [0.1, 0.15) is 5.54 Å². The Hall–Kier alpha value is -1.79. The van der Waals surface area contributed by atoms with Crippen LogP contribution in [0.5, 0.6) is 0 Å². The predicted octanol–water partition coefficient (Wildman–Crippen LogP) is 1.68. The maximum Gasteiger partial charge on any atom is 0.315 e. The molecule has 0 aliphatic heterocycles. The Kier molecular flexibility index (Phi) is 8.01. The van der Waals surface area contributed by atoms with E-state index in [0.29, 0.717) is 25.9 Å². The Morgan fingerprint density at radius 3 is 2.42 bits per heavy atom. The van der Waals surface area contributed by atoms with Crippen molar-refractivity contribution in [2.45, 2.75) is 50.7 Å². The van der Waals surface area contributed by atoms with E-state index in [0.717, 1.165) is 18.4 Å². The maximum absolute atomic E-state index is 12.5. The zero-order valence-electron chi connectivity index (χ0n) is 14.0. The van der Waals surface area contributed by atoms with Crippen LogP contribution >= 0.6 is 12.4 Å². The van der Waals surface area contributed by atoms with Gasteiger partial charge in [-0.1, -0.05) is 43.2 Å². The van der Waals surface area contributed by atoms with Crippen molar-refractivity contribution in [2.75, 3.05) is 6.54 Å². The number of amides is 3. The summed E-state index contributed by atoms with van der Waals surface area (Å²) < 4.78 is 0. The summed E-state index contributed by atoms with van der Waals surface area (Å²) in [5.74, 6) is -0.136. The summed E-state index contributed by atoms with van der Waals surface area (Å²) >= 11 is 0. The zero-order valence-corrected chi connectivity index (χ0v) is 14.8. The van der Waals surface area contributed by atoms with Crippen molar-refractivity contribution >= 4 is 24.3 Å². The van der Waals surface area contributed by atoms with Crippen molar-refractivity contribution in [1.82, 2.24) is 16.0 Å². The van der Waals surface area contributed by atoms with Crippen LogP contribution in [-0.2, 0) is 11.3 Å². The van der Waals surface area contributed by atoms with E-state index in [2.05, 4.69) is 16.0 Å². The van der Waals surface area contributed by atoms with E-state index in [1.165, 1.54) is 0 Å². The molecule has 0 aromatic heterocycles. The van der Waals surface area contributed by atoms with Crippen LogP contribution in [0.25, 0.3) is 0 Å². The molecule has 0 spiro atoms. The topological polar surface area (TPSA) is 96.2 Å². The number of hydrogen-bond donors (Lipinski definition) is 4. The Balaban J connectivity index is 0.00000288. The van der Waals surface area contributed by atoms with Crippen LogP contribution in [-0.4, -0.2) is 30.1 Å². The minimum Gasteiger partial charge on any atom is -0.350 e. The van der Waals surface area contributed by atoms with Gasteiger partial charge in [-0.3, -0.25) is 4.79 Å². The van der Waals surface area contributed by atoms with Gasteiger partial charge in [-0.2, -0.15) is 0 Å². The highest BCUT2D eigenvalue weighted by molar-refractivity contribution is 5.91. The SMILES string of the molecule is C[C@@H](CN)NC(=O)C1(NC(=O)NCc2ccccc2)CCCC1.Cl. The van der Waals surface area contributed by atoms with E-state index in [1.807, 2.05) is 37.3 Å². The molecule has 6 nitrogen and oxygen atoms in total. The third kappa shape index (κ3) is 5.39. The van der Waals surface area contributed by atoms with E-state index in [9.17, 15) is 9.59 Å². The first-order chi connectivity index (χ1) is 11.1. The Bertz CT molecular complexity index is 533. The zero-order chi connectivity index (χ0) is 16.7. The first-order valence-electron chi connectivity index (χ1n) is 8.17. The van der Waals surface area contributed by atoms with Crippen molar-refractivity contribution in [3.8, 4) is 0 Å². The fourth-order valence-electron chi connectivity index (χ4n) is 2.85. The van der Waals surface area contributed by atoms with Gasteiger partial charge in [0, 0.05) is 19.1 Å². The molecule has 2 rings (SSSR count). The van der Waals surface area contributed by atoms with E-state index >= 15 is 0 Å².